The van der Waals surface area contributed by atoms with Gasteiger partial charge in [-0.05, 0) is 23.3 Å². The predicted molar refractivity (Wildman–Crippen MR) is 100 cm³/mol. The molecule has 1 amide bonds. The average molecular weight is 329 g/mol. The van der Waals surface area contributed by atoms with Crippen LogP contribution in [0.15, 0.2) is 36.4 Å². The van der Waals surface area contributed by atoms with E-state index in [-0.39, 0.29) is 10.8 Å². The van der Waals surface area contributed by atoms with E-state index in [2.05, 4.69) is 53.7 Å². The van der Waals surface area contributed by atoms with Crippen LogP contribution in [0.3, 0.4) is 0 Å². The number of nitrogens with two attached hydrogens (primary N) is 1. The molecule has 1 aromatic heterocycles. The first kappa shape index (κ1) is 17.6. The molecule has 0 bridgehead atoms. The second-order valence-corrected chi connectivity index (χ2v) is 9.10. The fourth-order valence-electron chi connectivity index (χ4n) is 2.23. The third-order valence-electron chi connectivity index (χ3n) is 3.77. The molecule has 3 heteroatoms. The zero-order chi connectivity index (χ0) is 17.4. The molecule has 0 unspecified atom stereocenters. The second-order valence-electron chi connectivity index (χ2n) is 8.02. The van der Waals surface area contributed by atoms with Gasteiger partial charge in [0.2, 0.25) is 27.0 Å². The zero-order valence-electron chi connectivity index (χ0n) is 14.9. The van der Waals surface area contributed by atoms with Crippen molar-refractivity contribution in [2.24, 2.45) is 5.73 Å². The van der Waals surface area contributed by atoms with Crippen LogP contribution in [0.4, 0.5) is 0 Å². The summed E-state index contributed by atoms with van der Waals surface area (Å²) in [5.74, 6) is -0.391. The summed E-state index contributed by atoms with van der Waals surface area (Å²) in [5, 5.41) is 0. The van der Waals surface area contributed by atoms with E-state index in [1.807, 2.05) is 23.5 Å². The molecule has 2 nitrogen and oxygen atoms in total. The normalized spacial score (nSPS) is 12.3. The number of primary amides is 1. The minimum absolute atomic E-state index is 0.105. The van der Waals surface area contributed by atoms with Crippen molar-refractivity contribution in [3.63, 3.8) is 0 Å². The zero-order valence-corrected chi connectivity index (χ0v) is 15.7. The summed E-state index contributed by atoms with van der Waals surface area (Å²) in [5.41, 5.74) is 8.38. The highest BCUT2D eigenvalue weighted by molar-refractivity contribution is 7.12. The molecule has 0 atom stereocenters. The Morgan fingerprint density at radius 1 is 0.826 bits per heavy atom. The lowest BCUT2D eigenvalue weighted by Gasteiger charge is -2.16. The Hall–Kier alpha value is -1.74. The van der Waals surface area contributed by atoms with E-state index in [9.17, 15) is 4.79 Å². The molecule has 1 heterocycles. The highest BCUT2D eigenvalue weighted by atomic mass is 32.1. The molecule has 2 aromatic rings. The maximum atomic E-state index is 11.2. The predicted octanol–water partition coefficient (Wildman–Crippen LogP) is 5.39. The highest BCUT2D eigenvalue weighted by Crippen LogP contribution is 2.37. The molecule has 0 aliphatic rings. The van der Waals surface area contributed by atoms with Crippen molar-refractivity contribution >= 4 is 17.2 Å². The summed E-state index contributed by atoms with van der Waals surface area (Å²) < 4.78 is 0. The van der Waals surface area contributed by atoms with Gasteiger partial charge in [0.15, 0.2) is 0 Å². The van der Waals surface area contributed by atoms with Gasteiger partial charge in [-0.2, -0.15) is 0 Å². The highest BCUT2D eigenvalue weighted by Gasteiger charge is 2.32. The molecule has 0 saturated heterocycles. The van der Waals surface area contributed by atoms with E-state index in [0.29, 0.717) is 5.56 Å². The number of hydrogen-bond acceptors (Lipinski definition) is 1. The first-order valence-electron chi connectivity index (χ1n) is 7.88. The molecule has 0 aliphatic carbocycles. The summed E-state index contributed by atoms with van der Waals surface area (Å²) in [7, 11) is 0. The number of benzene rings is 1. The quantitative estimate of drug-likeness (QED) is 0.738. The molecule has 2 rings (SSSR count). The third kappa shape index (κ3) is 4.17. The van der Waals surface area contributed by atoms with Gasteiger partial charge in [-0.3, -0.25) is 4.79 Å². The number of hydrogen-bond donors (Lipinski definition) is 1. The third-order valence-corrected chi connectivity index (χ3v) is 5.67. The number of carbonyl (C=O) groups excluding carboxylic acids is 1. The van der Waals surface area contributed by atoms with E-state index in [1.165, 1.54) is 15.3 Å². The van der Waals surface area contributed by atoms with E-state index >= 15 is 0 Å². The van der Waals surface area contributed by atoms with Crippen molar-refractivity contribution in [2.75, 3.05) is 0 Å². The molecule has 0 aliphatic heterocycles. The Labute approximate surface area is 143 Å². The van der Waals surface area contributed by atoms with Gasteiger partial charge < -0.3 is 5.73 Å². The molecular weight excluding hydrogens is 302 g/mol. The largest absolute Gasteiger partial charge is 0.366 e. The topological polar surface area (TPSA) is 43.1 Å². The molecule has 0 fully saturated rings. The molecule has 0 radical (unpaired) electrons. The summed E-state index contributed by atoms with van der Waals surface area (Å²) in [6, 6.07) is 12.1. The second kappa shape index (κ2) is 6.04. The van der Waals surface area contributed by atoms with Gasteiger partial charge in [0, 0.05) is 28.5 Å². The smallest absolute Gasteiger partial charge is 0.248 e. The number of carbonyl (C=O) groups is 1. The van der Waals surface area contributed by atoms with Crippen molar-refractivity contribution in [1.29, 1.82) is 0 Å². The van der Waals surface area contributed by atoms with Crippen molar-refractivity contribution in [3.8, 4) is 11.1 Å². The van der Waals surface area contributed by atoms with Crippen molar-refractivity contribution in [3.05, 3.63) is 51.7 Å². The van der Waals surface area contributed by atoms with E-state index in [1.54, 1.807) is 12.1 Å². The molecule has 122 valence electrons. The minimum Gasteiger partial charge on any atom is -0.366 e. The number of amides is 1. The monoisotopic (exact) mass is 328 g/mol. The van der Waals surface area contributed by atoms with Crippen molar-refractivity contribution < 1.29 is 4.79 Å². The maximum absolute atomic E-state index is 11.2. The van der Waals surface area contributed by atoms with Crippen molar-refractivity contribution in [1.82, 2.24) is 0 Å². The van der Waals surface area contributed by atoms with Gasteiger partial charge in [-0.15, -0.1) is 0 Å². The first-order chi connectivity index (χ1) is 10.5. The SMILES string of the molecule is CC(C)(C)c1cc(-c2ccc(C(N)=O)cc2)cc(C(C)(C)C)[s+]1. The van der Waals surface area contributed by atoms with Crippen molar-refractivity contribution in [2.45, 2.75) is 52.4 Å². The van der Waals surface area contributed by atoms with Crippen LogP contribution in [0.25, 0.3) is 11.1 Å². The van der Waals surface area contributed by atoms with Gasteiger partial charge in [0.1, 0.15) is 0 Å². The summed E-state index contributed by atoms with van der Waals surface area (Å²) in [4.78, 5) is 14.0. The van der Waals surface area contributed by atoms with E-state index in [0.717, 1.165) is 5.56 Å². The van der Waals surface area contributed by atoms with Gasteiger partial charge in [-0.1, -0.05) is 53.7 Å². The summed E-state index contributed by atoms with van der Waals surface area (Å²) >= 11 is 1.88. The van der Waals surface area contributed by atoms with E-state index < -0.39 is 5.91 Å². The van der Waals surface area contributed by atoms with Crippen LogP contribution in [0.5, 0.6) is 0 Å². The number of rotatable bonds is 2. The van der Waals surface area contributed by atoms with Gasteiger partial charge in [0.05, 0.1) is 0 Å². The Kier molecular flexibility index (Phi) is 4.63. The molecule has 2 N–H and O–H groups in total. The van der Waals surface area contributed by atoms with Gasteiger partial charge in [0.25, 0.3) is 0 Å². The van der Waals surface area contributed by atoms with E-state index in [4.69, 9.17) is 5.73 Å². The first-order valence-corrected chi connectivity index (χ1v) is 8.69. The molecule has 0 spiro atoms. The van der Waals surface area contributed by atoms with Crippen LogP contribution >= 0.6 is 11.3 Å². The Bertz CT molecular complexity index is 687. The summed E-state index contributed by atoms with van der Waals surface area (Å²) in [6.45, 7) is 13.4. The lowest BCUT2D eigenvalue weighted by atomic mass is 9.90. The van der Waals surface area contributed by atoms with Gasteiger partial charge in [-0.25, -0.2) is 0 Å². The molecule has 1 aromatic carbocycles. The van der Waals surface area contributed by atoms with Crippen LogP contribution in [0.1, 0.15) is 61.7 Å². The van der Waals surface area contributed by atoms with Crippen LogP contribution in [-0.4, -0.2) is 5.91 Å². The van der Waals surface area contributed by atoms with Crippen LogP contribution in [-0.2, 0) is 10.8 Å². The summed E-state index contributed by atoms with van der Waals surface area (Å²) in [6.07, 6.45) is 0. The maximum Gasteiger partial charge on any atom is 0.248 e. The lowest BCUT2D eigenvalue weighted by molar-refractivity contribution is 0.100. The standard InChI is InChI=1S/C20H25NOS/c1-19(2,3)16-11-15(12-17(23-16)20(4,5)6)13-7-9-14(10-8-13)18(21)22/h7-12H,1-6H3,(H-,21,22)/p+1. The Balaban J connectivity index is 2.59. The van der Waals surface area contributed by atoms with Gasteiger partial charge >= 0.3 is 0 Å². The molecule has 23 heavy (non-hydrogen) atoms. The fraction of sp³-hybridized carbons (Fsp3) is 0.400. The Morgan fingerprint density at radius 3 is 1.61 bits per heavy atom. The lowest BCUT2D eigenvalue weighted by Crippen LogP contribution is -2.14. The van der Waals surface area contributed by atoms with Crippen LogP contribution in [0.2, 0.25) is 0 Å². The average Bonchev–Trinajstić information content (AvgIpc) is 2.45. The Morgan fingerprint density at radius 2 is 1.26 bits per heavy atom. The van der Waals surface area contributed by atoms with Crippen LogP contribution in [0, 0.1) is 0 Å². The molecular formula is C20H26NOS+. The fourth-order valence-corrected chi connectivity index (χ4v) is 3.46. The minimum atomic E-state index is -0.391. The molecule has 0 saturated carbocycles. The van der Waals surface area contributed by atoms with Crippen LogP contribution < -0.4 is 5.73 Å².